The van der Waals surface area contributed by atoms with Crippen LogP contribution in [-0.4, -0.2) is 47.6 Å². The molecule has 2 aliphatic rings. The molecule has 1 saturated heterocycles. The Hall–Kier alpha value is -2.35. The van der Waals surface area contributed by atoms with E-state index in [9.17, 15) is 4.79 Å². The molecule has 1 N–H and O–H groups in total. The smallest absolute Gasteiger partial charge is 0.323 e. The minimum atomic E-state index is -0.0406. The number of hydrogen-bond acceptors (Lipinski definition) is 6. The van der Waals surface area contributed by atoms with Crippen molar-refractivity contribution in [1.82, 2.24) is 14.9 Å². The van der Waals surface area contributed by atoms with Crippen molar-refractivity contribution < 1.29 is 9.53 Å². The Morgan fingerprint density at radius 3 is 2.96 bits per heavy atom. The van der Waals surface area contributed by atoms with Crippen molar-refractivity contribution in [2.24, 2.45) is 0 Å². The zero-order valence-electron chi connectivity index (χ0n) is 13.5. The van der Waals surface area contributed by atoms with Gasteiger partial charge >= 0.3 is 6.03 Å². The Balaban J connectivity index is 1.47. The van der Waals surface area contributed by atoms with Gasteiger partial charge in [0, 0.05) is 37.0 Å². The maximum atomic E-state index is 12.0. The van der Waals surface area contributed by atoms with Crippen LogP contribution in [0.1, 0.15) is 17.0 Å². The van der Waals surface area contributed by atoms with Gasteiger partial charge in [0.15, 0.2) is 5.13 Å². The van der Waals surface area contributed by atoms with Crippen molar-refractivity contribution in [3.05, 3.63) is 29.0 Å². The van der Waals surface area contributed by atoms with Gasteiger partial charge in [0.1, 0.15) is 5.75 Å². The average Bonchev–Trinajstić information content (AvgIpc) is 2.94. The SMILES string of the molecule is COc1cncc(N2CCc3nc(NC(=O)N4CCC4)sc3C2)c1. The molecule has 0 aromatic carbocycles. The van der Waals surface area contributed by atoms with Crippen LogP contribution >= 0.6 is 11.3 Å². The monoisotopic (exact) mass is 345 g/mol. The van der Waals surface area contributed by atoms with E-state index in [-0.39, 0.29) is 6.03 Å². The molecule has 4 rings (SSSR count). The van der Waals surface area contributed by atoms with Gasteiger partial charge < -0.3 is 14.5 Å². The van der Waals surface area contributed by atoms with Gasteiger partial charge in [-0.1, -0.05) is 11.3 Å². The second-order valence-electron chi connectivity index (χ2n) is 5.91. The van der Waals surface area contributed by atoms with Gasteiger partial charge in [-0.3, -0.25) is 10.3 Å². The third-order valence-electron chi connectivity index (χ3n) is 4.39. The Kier molecular flexibility index (Phi) is 3.97. The highest BCUT2D eigenvalue weighted by molar-refractivity contribution is 7.15. The number of amides is 2. The van der Waals surface area contributed by atoms with E-state index in [1.807, 2.05) is 12.3 Å². The van der Waals surface area contributed by atoms with E-state index in [0.717, 1.165) is 56.2 Å². The van der Waals surface area contributed by atoms with E-state index in [1.54, 1.807) is 29.5 Å². The number of nitrogens with one attached hydrogen (secondary N) is 1. The predicted octanol–water partition coefficient (Wildman–Crippen LogP) is 2.35. The summed E-state index contributed by atoms with van der Waals surface area (Å²) >= 11 is 1.56. The lowest BCUT2D eigenvalue weighted by Crippen LogP contribution is -2.44. The molecule has 0 spiro atoms. The molecule has 0 aliphatic carbocycles. The van der Waals surface area contributed by atoms with Crippen LogP contribution in [0, 0.1) is 0 Å². The van der Waals surface area contributed by atoms with Crippen LogP contribution in [0.4, 0.5) is 15.6 Å². The van der Waals surface area contributed by atoms with Gasteiger partial charge in [0.2, 0.25) is 0 Å². The summed E-state index contributed by atoms with van der Waals surface area (Å²) in [6.07, 6.45) is 5.50. The molecule has 2 aliphatic heterocycles. The maximum absolute atomic E-state index is 12.0. The Labute approximate surface area is 144 Å². The highest BCUT2D eigenvalue weighted by Gasteiger charge is 2.24. The van der Waals surface area contributed by atoms with Crippen LogP contribution < -0.4 is 15.0 Å². The number of ether oxygens (including phenoxy) is 1. The molecule has 24 heavy (non-hydrogen) atoms. The van der Waals surface area contributed by atoms with Crippen LogP contribution in [0.5, 0.6) is 5.75 Å². The third kappa shape index (κ3) is 2.89. The number of thiazole rings is 1. The number of pyridine rings is 1. The lowest BCUT2D eigenvalue weighted by atomic mass is 10.1. The summed E-state index contributed by atoms with van der Waals surface area (Å²) in [5.74, 6) is 0.755. The van der Waals surface area contributed by atoms with Gasteiger partial charge in [0.25, 0.3) is 0 Å². The maximum Gasteiger partial charge on any atom is 0.323 e. The number of likely N-dealkylation sites (tertiary alicyclic amines) is 1. The minimum Gasteiger partial charge on any atom is -0.495 e. The molecular weight excluding hydrogens is 326 g/mol. The molecule has 2 aromatic rings. The summed E-state index contributed by atoms with van der Waals surface area (Å²) in [6, 6.07) is 1.95. The number of methoxy groups -OCH3 is 1. The van der Waals surface area contributed by atoms with Crippen LogP contribution in [0.2, 0.25) is 0 Å². The molecule has 8 heteroatoms. The first-order valence-corrected chi connectivity index (χ1v) is 8.83. The van der Waals surface area contributed by atoms with Gasteiger partial charge in [-0.05, 0) is 6.42 Å². The first kappa shape index (κ1) is 15.2. The molecule has 0 bridgehead atoms. The number of nitrogens with zero attached hydrogens (tertiary/aromatic N) is 4. The van der Waals surface area contributed by atoms with E-state index < -0.39 is 0 Å². The highest BCUT2D eigenvalue weighted by atomic mass is 32.1. The van der Waals surface area contributed by atoms with E-state index in [1.165, 1.54) is 4.88 Å². The Bertz CT molecular complexity index is 759. The summed E-state index contributed by atoms with van der Waals surface area (Å²) in [6.45, 7) is 3.34. The van der Waals surface area contributed by atoms with Crippen LogP contribution in [0.3, 0.4) is 0 Å². The standard InChI is InChI=1S/C16H19N5O2S/c1-23-12-7-11(8-17-9-12)21-6-3-13-14(10-21)24-15(18-13)19-16(22)20-4-2-5-20/h7-9H,2-6,10H2,1H3,(H,18,19,22). The number of anilines is 2. The van der Waals surface area contributed by atoms with Crippen molar-refractivity contribution in [2.45, 2.75) is 19.4 Å². The molecule has 0 atom stereocenters. The lowest BCUT2D eigenvalue weighted by molar-refractivity contribution is 0.181. The molecule has 4 heterocycles. The number of carbonyl (C=O) groups excluding carboxylic acids is 1. The Morgan fingerprint density at radius 2 is 2.21 bits per heavy atom. The fourth-order valence-electron chi connectivity index (χ4n) is 2.85. The fraction of sp³-hybridized carbons (Fsp3) is 0.438. The number of hydrogen-bond donors (Lipinski definition) is 1. The fourth-order valence-corrected chi connectivity index (χ4v) is 3.86. The zero-order chi connectivity index (χ0) is 16.5. The molecule has 2 amide bonds. The van der Waals surface area contributed by atoms with Crippen molar-refractivity contribution in [3.63, 3.8) is 0 Å². The van der Waals surface area contributed by atoms with Crippen LogP contribution in [-0.2, 0) is 13.0 Å². The molecule has 2 aromatic heterocycles. The topological polar surface area (TPSA) is 70.6 Å². The van der Waals surface area contributed by atoms with Crippen LogP contribution in [0.25, 0.3) is 0 Å². The molecule has 1 fully saturated rings. The summed E-state index contributed by atoms with van der Waals surface area (Å²) in [7, 11) is 1.64. The van der Waals surface area contributed by atoms with Crippen molar-refractivity contribution in [2.75, 3.05) is 37.0 Å². The first-order valence-electron chi connectivity index (χ1n) is 8.01. The van der Waals surface area contributed by atoms with E-state index in [2.05, 4.69) is 20.2 Å². The first-order chi connectivity index (χ1) is 11.7. The average molecular weight is 345 g/mol. The number of urea groups is 1. The number of rotatable bonds is 3. The summed E-state index contributed by atoms with van der Waals surface area (Å²) in [5.41, 5.74) is 2.13. The normalized spacial score (nSPS) is 16.4. The molecule has 7 nitrogen and oxygen atoms in total. The molecule has 0 radical (unpaired) electrons. The molecule has 0 unspecified atom stereocenters. The summed E-state index contributed by atoms with van der Waals surface area (Å²) in [5, 5.41) is 3.61. The highest BCUT2D eigenvalue weighted by Crippen LogP contribution is 2.31. The summed E-state index contributed by atoms with van der Waals surface area (Å²) in [4.78, 5) is 26.1. The van der Waals surface area contributed by atoms with Crippen molar-refractivity contribution in [1.29, 1.82) is 0 Å². The van der Waals surface area contributed by atoms with E-state index in [4.69, 9.17) is 4.74 Å². The van der Waals surface area contributed by atoms with Gasteiger partial charge in [-0.2, -0.15) is 0 Å². The second kappa shape index (κ2) is 6.27. The van der Waals surface area contributed by atoms with Crippen LogP contribution in [0.15, 0.2) is 18.5 Å². The number of aromatic nitrogens is 2. The second-order valence-corrected chi connectivity index (χ2v) is 7.00. The van der Waals surface area contributed by atoms with Crippen molar-refractivity contribution in [3.8, 4) is 5.75 Å². The predicted molar refractivity (Wildman–Crippen MR) is 92.9 cm³/mol. The van der Waals surface area contributed by atoms with Gasteiger partial charge in [-0.25, -0.2) is 9.78 Å². The quantitative estimate of drug-likeness (QED) is 0.925. The van der Waals surface area contributed by atoms with Gasteiger partial charge in [-0.15, -0.1) is 0 Å². The number of fused-ring (bicyclic) bond motifs is 1. The lowest BCUT2D eigenvalue weighted by Gasteiger charge is -2.30. The number of carbonyl (C=O) groups is 1. The largest absolute Gasteiger partial charge is 0.495 e. The third-order valence-corrected chi connectivity index (χ3v) is 5.39. The molecule has 126 valence electrons. The molecular formula is C16H19N5O2S. The van der Waals surface area contributed by atoms with Gasteiger partial charge in [0.05, 0.1) is 37.4 Å². The van der Waals surface area contributed by atoms with Crippen molar-refractivity contribution >= 4 is 28.2 Å². The van der Waals surface area contributed by atoms with E-state index >= 15 is 0 Å². The molecule has 0 saturated carbocycles. The summed E-state index contributed by atoms with van der Waals surface area (Å²) < 4.78 is 5.25. The Morgan fingerprint density at radius 1 is 1.33 bits per heavy atom. The van der Waals surface area contributed by atoms with E-state index in [0.29, 0.717) is 5.13 Å². The minimum absolute atomic E-state index is 0.0406. The zero-order valence-corrected chi connectivity index (χ0v) is 14.3.